The molecular weight excluding hydrogens is 260 g/mol. The number of aromatic nitrogens is 1. The predicted molar refractivity (Wildman–Crippen MR) is 76.9 cm³/mol. The van der Waals surface area contributed by atoms with E-state index in [0.717, 1.165) is 6.42 Å². The minimum atomic E-state index is -0.176. The van der Waals surface area contributed by atoms with E-state index in [1.54, 1.807) is 18.3 Å². The Kier molecular flexibility index (Phi) is 4.52. The number of amides is 1. The molecule has 2 aromatic rings. The van der Waals surface area contributed by atoms with E-state index in [0.29, 0.717) is 16.4 Å². The van der Waals surface area contributed by atoms with E-state index < -0.39 is 0 Å². The molecule has 5 heteroatoms. The summed E-state index contributed by atoms with van der Waals surface area (Å²) in [6.07, 6.45) is 2.72. The molecule has 0 saturated heterocycles. The normalized spacial score (nSPS) is 11.9. The number of hydrogen-bond donors (Lipinski definition) is 1. The van der Waals surface area contributed by atoms with Gasteiger partial charge in [0.25, 0.3) is 5.91 Å². The predicted octanol–water partition coefficient (Wildman–Crippen LogP) is 3.57. The van der Waals surface area contributed by atoms with Gasteiger partial charge in [-0.3, -0.25) is 10.1 Å². The molecule has 100 valence electrons. The van der Waals surface area contributed by atoms with E-state index >= 15 is 0 Å². The molecule has 0 bridgehead atoms. The largest absolute Gasteiger partial charge is 0.491 e. The summed E-state index contributed by atoms with van der Waals surface area (Å²) in [4.78, 5) is 16.0. The minimum Gasteiger partial charge on any atom is -0.491 e. The van der Waals surface area contributed by atoms with E-state index in [9.17, 15) is 4.79 Å². The SMILES string of the molecule is CC[C@@H](C)Oc1cccc(C(=O)Nc2nccs2)c1. The maximum atomic E-state index is 12.0. The number of anilines is 1. The first-order valence-electron chi connectivity index (χ1n) is 6.16. The number of rotatable bonds is 5. The second kappa shape index (κ2) is 6.33. The Morgan fingerprint density at radius 1 is 1.53 bits per heavy atom. The molecule has 0 aliphatic carbocycles. The molecule has 19 heavy (non-hydrogen) atoms. The van der Waals surface area contributed by atoms with Crippen molar-refractivity contribution in [1.29, 1.82) is 0 Å². The molecule has 1 amide bonds. The van der Waals surface area contributed by atoms with Crippen LogP contribution in [0.2, 0.25) is 0 Å². The molecule has 1 heterocycles. The van der Waals surface area contributed by atoms with E-state index in [1.807, 2.05) is 24.4 Å². The zero-order valence-electron chi connectivity index (χ0n) is 10.9. The van der Waals surface area contributed by atoms with Crippen molar-refractivity contribution in [3.05, 3.63) is 41.4 Å². The Hall–Kier alpha value is -1.88. The van der Waals surface area contributed by atoms with Crippen molar-refractivity contribution >= 4 is 22.4 Å². The lowest BCUT2D eigenvalue weighted by Gasteiger charge is -2.13. The number of benzene rings is 1. The monoisotopic (exact) mass is 276 g/mol. The maximum absolute atomic E-state index is 12.0. The van der Waals surface area contributed by atoms with Crippen LogP contribution in [0, 0.1) is 0 Å². The fourth-order valence-corrected chi connectivity index (χ4v) is 2.00. The van der Waals surface area contributed by atoms with Crippen LogP contribution in [0.4, 0.5) is 5.13 Å². The van der Waals surface area contributed by atoms with Crippen molar-refractivity contribution in [3.63, 3.8) is 0 Å². The van der Waals surface area contributed by atoms with Crippen molar-refractivity contribution in [1.82, 2.24) is 4.98 Å². The molecule has 1 aromatic carbocycles. The highest BCUT2D eigenvalue weighted by Crippen LogP contribution is 2.18. The molecule has 0 fully saturated rings. The smallest absolute Gasteiger partial charge is 0.257 e. The molecule has 1 N–H and O–H groups in total. The lowest BCUT2D eigenvalue weighted by atomic mass is 10.2. The fraction of sp³-hybridized carbons (Fsp3) is 0.286. The number of nitrogens with zero attached hydrogens (tertiary/aromatic N) is 1. The number of carbonyl (C=O) groups excluding carboxylic acids is 1. The standard InChI is InChI=1S/C14H16N2O2S/c1-3-10(2)18-12-6-4-5-11(9-12)13(17)16-14-15-7-8-19-14/h4-10H,3H2,1-2H3,(H,15,16,17)/t10-/m1/s1. The van der Waals surface area contributed by atoms with Crippen molar-refractivity contribution < 1.29 is 9.53 Å². The van der Waals surface area contributed by atoms with Crippen LogP contribution in [0.25, 0.3) is 0 Å². The van der Waals surface area contributed by atoms with Crippen LogP contribution in [-0.4, -0.2) is 17.0 Å². The average molecular weight is 276 g/mol. The lowest BCUT2D eigenvalue weighted by Crippen LogP contribution is -2.13. The Morgan fingerprint density at radius 2 is 2.37 bits per heavy atom. The Labute approximate surface area is 116 Å². The summed E-state index contributed by atoms with van der Waals surface area (Å²) in [5.41, 5.74) is 0.566. The van der Waals surface area contributed by atoms with Crippen LogP contribution in [0.1, 0.15) is 30.6 Å². The first-order valence-corrected chi connectivity index (χ1v) is 7.04. The van der Waals surface area contributed by atoms with E-state index in [-0.39, 0.29) is 12.0 Å². The zero-order chi connectivity index (χ0) is 13.7. The zero-order valence-corrected chi connectivity index (χ0v) is 11.7. The summed E-state index contributed by atoms with van der Waals surface area (Å²) in [6, 6.07) is 7.17. The van der Waals surface area contributed by atoms with Gasteiger partial charge < -0.3 is 4.74 Å². The van der Waals surface area contributed by atoms with Crippen LogP contribution in [0.5, 0.6) is 5.75 Å². The van der Waals surface area contributed by atoms with Crippen molar-refractivity contribution in [2.45, 2.75) is 26.4 Å². The van der Waals surface area contributed by atoms with E-state index in [1.165, 1.54) is 11.3 Å². The third-order valence-corrected chi connectivity index (χ3v) is 3.35. The number of thiazole rings is 1. The van der Waals surface area contributed by atoms with Gasteiger partial charge in [-0.25, -0.2) is 4.98 Å². The third-order valence-electron chi connectivity index (χ3n) is 2.66. The average Bonchev–Trinajstić information content (AvgIpc) is 2.91. The third kappa shape index (κ3) is 3.79. The summed E-state index contributed by atoms with van der Waals surface area (Å²) in [7, 11) is 0. The van der Waals surface area contributed by atoms with Crippen LogP contribution in [0.3, 0.4) is 0 Å². The van der Waals surface area contributed by atoms with Crippen molar-refractivity contribution in [3.8, 4) is 5.75 Å². The molecule has 0 aliphatic heterocycles. The summed E-state index contributed by atoms with van der Waals surface area (Å²) < 4.78 is 5.70. The molecule has 0 saturated carbocycles. The summed E-state index contributed by atoms with van der Waals surface area (Å²) >= 11 is 1.39. The molecule has 1 atom stereocenters. The van der Waals surface area contributed by atoms with Crippen LogP contribution < -0.4 is 10.1 Å². The molecule has 0 aliphatic rings. The summed E-state index contributed by atoms with van der Waals surface area (Å²) in [6.45, 7) is 4.06. The quantitative estimate of drug-likeness (QED) is 0.908. The van der Waals surface area contributed by atoms with Crippen LogP contribution in [-0.2, 0) is 0 Å². The highest BCUT2D eigenvalue weighted by molar-refractivity contribution is 7.13. The second-order valence-electron chi connectivity index (χ2n) is 4.16. The minimum absolute atomic E-state index is 0.136. The number of nitrogens with one attached hydrogen (secondary N) is 1. The van der Waals surface area contributed by atoms with Gasteiger partial charge in [-0.15, -0.1) is 11.3 Å². The Balaban J connectivity index is 2.07. The highest BCUT2D eigenvalue weighted by Gasteiger charge is 2.09. The van der Waals surface area contributed by atoms with Gasteiger partial charge in [0.05, 0.1) is 6.10 Å². The first-order chi connectivity index (χ1) is 9.19. The van der Waals surface area contributed by atoms with E-state index in [2.05, 4.69) is 17.2 Å². The van der Waals surface area contributed by atoms with Gasteiger partial charge in [0.15, 0.2) is 5.13 Å². The molecule has 0 radical (unpaired) electrons. The van der Waals surface area contributed by atoms with Gasteiger partial charge in [0.1, 0.15) is 5.75 Å². The number of ether oxygens (including phenoxy) is 1. The molecule has 1 aromatic heterocycles. The van der Waals surface area contributed by atoms with Crippen molar-refractivity contribution in [2.75, 3.05) is 5.32 Å². The maximum Gasteiger partial charge on any atom is 0.257 e. The molecular formula is C14H16N2O2S. The van der Waals surface area contributed by atoms with Gasteiger partial charge in [-0.1, -0.05) is 13.0 Å². The lowest BCUT2D eigenvalue weighted by molar-refractivity contribution is 0.102. The summed E-state index contributed by atoms with van der Waals surface area (Å²) in [5.74, 6) is 0.533. The van der Waals surface area contributed by atoms with Gasteiger partial charge >= 0.3 is 0 Å². The topological polar surface area (TPSA) is 51.2 Å². The Morgan fingerprint density at radius 3 is 3.05 bits per heavy atom. The number of hydrogen-bond acceptors (Lipinski definition) is 4. The fourth-order valence-electron chi connectivity index (χ4n) is 1.48. The Bertz CT molecular complexity index is 540. The molecule has 0 unspecified atom stereocenters. The van der Waals surface area contributed by atoms with Gasteiger partial charge in [0.2, 0.25) is 0 Å². The number of carbonyl (C=O) groups is 1. The second-order valence-corrected chi connectivity index (χ2v) is 5.05. The van der Waals surface area contributed by atoms with Gasteiger partial charge in [-0.2, -0.15) is 0 Å². The molecule has 2 rings (SSSR count). The van der Waals surface area contributed by atoms with Crippen molar-refractivity contribution in [2.24, 2.45) is 0 Å². The van der Waals surface area contributed by atoms with Gasteiger partial charge in [-0.05, 0) is 31.5 Å². The summed E-state index contributed by atoms with van der Waals surface area (Å²) in [5, 5.41) is 5.16. The highest BCUT2D eigenvalue weighted by atomic mass is 32.1. The molecule has 0 spiro atoms. The van der Waals surface area contributed by atoms with Crippen LogP contribution in [0.15, 0.2) is 35.8 Å². The van der Waals surface area contributed by atoms with E-state index in [4.69, 9.17) is 4.74 Å². The van der Waals surface area contributed by atoms with Crippen LogP contribution >= 0.6 is 11.3 Å². The molecule has 4 nitrogen and oxygen atoms in total. The van der Waals surface area contributed by atoms with Gasteiger partial charge in [0, 0.05) is 17.1 Å². The first kappa shape index (κ1) is 13.5.